The van der Waals surface area contributed by atoms with Gasteiger partial charge >= 0.3 is 0 Å². The van der Waals surface area contributed by atoms with Gasteiger partial charge in [-0.2, -0.15) is 0 Å². The van der Waals surface area contributed by atoms with Crippen molar-refractivity contribution >= 4 is 11.6 Å². The maximum atomic E-state index is 11.9. The second kappa shape index (κ2) is 6.64. The van der Waals surface area contributed by atoms with Crippen molar-refractivity contribution in [3.63, 3.8) is 0 Å². The molecule has 2 heterocycles. The highest BCUT2D eigenvalue weighted by Gasteiger charge is 2.23. The number of phenols is 1. The minimum Gasteiger partial charge on any atom is -0.507 e. The van der Waals surface area contributed by atoms with Crippen molar-refractivity contribution in [1.29, 1.82) is 0 Å². The van der Waals surface area contributed by atoms with E-state index in [-0.39, 0.29) is 11.6 Å². The van der Waals surface area contributed by atoms with Crippen molar-refractivity contribution in [2.24, 2.45) is 5.73 Å². The van der Waals surface area contributed by atoms with Gasteiger partial charge in [-0.15, -0.1) is 10.2 Å². The molecule has 4 N–H and O–H groups in total. The third kappa shape index (κ3) is 2.95. The Morgan fingerprint density at radius 2 is 2.04 bits per heavy atom. The lowest BCUT2D eigenvalue weighted by Gasteiger charge is -2.20. The molecule has 2 aromatic carbocycles. The Morgan fingerprint density at radius 3 is 2.74 bits per heavy atom. The third-order valence-corrected chi connectivity index (χ3v) is 4.61. The van der Waals surface area contributed by atoms with Crippen LogP contribution in [0, 0.1) is 0 Å². The van der Waals surface area contributed by atoms with Crippen LogP contribution in [0.2, 0.25) is 0 Å². The summed E-state index contributed by atoms with van der Waals surface area (Å²) >= 11 is 0. The smallest absolute Gasteiger partial charge is 0.287 e. The fourth-order valence-electron chi connectivity index (χ4n) is 3.28. The molecule has 0 spiro atoms. The normalized spacial score (nSPS) is 12.9. The predicted molar refractivity (Wildman–Crippen MR) is 100 cm³/mol. The number of anilines is 1. The highest BCUT2D eigenvalue weighted by Crippen LogP contribution is 2.36. The van der Waals surface area contributed by atoms with E-state index in [0.29, 0.717) is 22.8 Å². The van der Waals surface area contributed by atoms with Crippen molar-refractivity contribution in [2.45, 2.75) is 12.8 Å². The lowest BCUT2D eigenvalue weighted by atomic mass is 9.99. The summed E-state index contributed by atoms with van der Waals surface area (Å²) in [5.41, 5.74) is 8.61. The molecule has 0 fully saturated rings. The summed E-state index contributed by atoms with van der Waals surface area (Å²) in [5, 5.41) is 21.9. The molecule has 1 aliphatic rings. The van der Waals surface area contributed by atoms with Gasteiger partial charge in [0.2, 0.25) is 5.82 Å². The molecule has 3 aromatic rings. The van der Waals surface area contributed by atoms with Crippen LogP contribution >= 0.6 is 0 Å². The molecule has 1 amide bonds. The number of nitrogens with one attached hydrogen (secondary N) is 1. The van der Waals surface area contributed by atoms with E-state index in [4.69, 9.17) is 10.5 Å². The number of hydrogen-bond donors (Lipinski definition) is 3. The summed E-state index contributed by atoms with van der Waals surface area (Å²) in [6.45, 7) is 0.875. The van der Waals surface area contributed by atoms with Crippen LogP contribution in [-0.4, -0.2) is 39.4 Å². The first-order valence-electron chi connectivity index (χ1n) is 8.58. The molecule has 8 nitrogen and oxygen atoms in total. The average molecular weight is 365 g/mol. The maximum absolute atomic E-state index is 11.9. The summed E-state index contributed by atoms with van der Waals surface area (Å²) < 4.78 is 6.72. The lowest BCUT2D eigenvalue weighted by molar-refractivity contribution is 0.0988. The monoisotopic (exact) mass is 365 g/mol. The predicted octanol–water partition coefficient (Wildman–Crippen LogP) is 2.11. The van der Waals surface area contributed by atoms with Crippen molar-refractivity contribution in [2.75, 3.05) is 19.0 Å². The largest absolute Gasteiger partial charge is 0.507 e. The van der Waals surface area contributed by atoms with Crippen molar-refractivity contribution in [3.05, 3.63) is 47.8 Å². The van der Waals surface area contributed by atoms with Crippen LogP contribution < -0.4 is 15.8 Å². The van der Waals surface area contributed by atoms with Gasteiger partial charge < -0.3 is 20.9 Å². The first-order chi connectivity index (χ1) is 13.1. The van der Waals surface area contributed by atoms with Gasteiger partial charge in [0.15, 0.2) is 5.82 Å². The van der Waals surface area contributed by atoms with Gasteiger partial charge in [0.25, 0.3) is 5.91 Å². The Kier molecular flexibility index (Phi) is 4.15. The molecule has 4 rings (SSSR count). The number of aromatic hydroxyl groups is 1. The number of hydrogen-bond acceptors (Lipinski definition) is 6. The fraction of sp³-hybridized carbons (Fsp3) is 0.211. The number of nitrogens with two attached hydrogens (primary N) is 1. The molecular formula is C19H19N5O3. The number of aromatic nitrogens is 3. The zero-order valence-electron chi connectivity index (χ0n) is 14.8. The van der Waals surface area contributed by atoms with Gasteiger partial charge in [0.05, 0.1) is 12.7 Å². The zero-order valence-corrected chi connectivity index (χ0v) is 14.8. The molecule has 1 aliphatic heterocycles. The second-order valence-corrected chi connectivity index (χ2v) is 6.30. The summed E-state index contributed by atoms with van der Waals surface area (Å²) in [5.74, 6) is 0.368. The van der Waals surface area contributed by atoms with Gasteiger partial charge in [-0.05, 0) is 48.7 Å². The number of phenolic OH excluding ortho intramolecular Hbond substituents is 1. The van der Waals surface area contributed by atoms with Gasteiger partial charge in [-0.3, -0.25) is 9.36 Å². The van der Waals surface area contributed by atoms with E-state index in [1.165, 1.54) is 0 Å². The SMILES string of the molecule is COc1ccc(-n2c(C(N)=O)nnc2-c2cc3c(cc2O)NCCC3)cc1. The van der Waals surface area contributed by atoms with Crippen LogP contribution in [0.3, 0.4) is 0 Å². The standard InChI is InChI=1S/C19H19N5O3/c1-27-13-6-4-12(5-7-13)24-18(22-23-19(24)17(20)26)14-9-11-3-2-8-21-15(11)10-16(14)25/h4-7,9-10,21,25H,2-3,8H2,1H3,(H2,20,26). The number of amides is 1. The van der Waals surface area contributed by atoms with Crippen LogP contribution in [0.15, 0.2) is 36.4 Å². The highest BCUT2D eigenvalue weighted by atomic mass is 16.5. The minimum absolute atomic E-state index is 0.00888. The summed E-state index contributed by atoms with van der Waals surface area (Å²) in [7, 11) is 1.58. The number of ether oxygens (including phenoxy) is 1. The van der Waals surface area contributed by atoms with Crippen LogP contribution in [-0.2, 0) is 6.42 Å². The molecule has 0 saturated heterocycles. The Balaban J connectivity index is 1.90. The molecule has 0 aliphatic carbocycles. The van der Waals surface area contributed by atoms with E-state index in [1.54, 1.807) is 42.0 Å². The molecule has 0 bridgehead atoms. The first-order valence-corrected chi connectivity index (χ1v) is 8.58. The topological polar surface area (TPSA) is 115 Å². The Morgan fingerprint density at radius 1 is 1.26 bits per heavy atom. The molecule has 0 radical (unpaired) electrons. The van der Waals surface area contributed by atoms with Crippen LogP contribution in [0.1, 0.15) is 22.6 Å². The molecule has 0 unspecified atom stereocenters. The van der Waals surface area contributed by atoms with E-state index in [1.807, 2.05) is 6.07 Å². The Bertz CT molecular complexity index is 1010. The summed E-state index contributed by atoms with van der Waals surface area (Å²) in [6.07, 6.45) is 1.91. The number of nitrogens with zero attached hydrogens (tertiary/aromatic N) is 3. The molecule has 0 saturated carbocycles. The Hall–Kier alpha value is -3.55. The van der Waals surface area contributed by atoms with Crippen molar-refractivity contribution in [3.8, 4) is 28.6 Å². The first kappa shape index (κ1) is 16.9. The highest BCUT2D eigenvalue weighted by molar-refractivity contribution is 5.91. The van der Waals surface area contributed by atoms with Crippen LogP contribution in [0.4, 0.5) is 5.69 Å². The molecule has 8 heteroatoms. The summed E-state index contributed by atoms with van der Waals surface area (Å²) in [6, 6.07) is 10.6. The Labute approximate surface area is 155 Å². The number of primary amides is 1. The molecular weight excluding hydrogens is 346 g/mol. The molecule has 138 valence electrons. The minimum atomic E-state index is -0.705. The van der Waals surface area contributed by atoms with Gasteiger partial charge in [-0.25, -0.2) is 0 Å². The van der Waals surface area contributed by atoms with Crippen LogP contribution in [0.25, 0.3) is 17.1 Å². The number of methoxy groups -OCH3 is 1. The lowest BCUT2D eigenvalue weighted by Crippen LogP contribution is -2.18. The van der Waals surface area contributed by atoms with E-state index in [9.17, 15) is 9.90 Å². The van der Waals surface area contributed by atoms with Crippen LogP contribution in [0.5, 0.6) is 11.5 Å². The van der Waals surface area contributed by atoms with Gasteiger partial charge in [0, 0.05) is 24.0 Å². The molecule has 27 heavy (non-hydrogen) atoms. The number of aryl methyl sites for hydroxylation is 1. The molecule has 1 aromatic heterocycles. The third-order valence-electron chi connectivity index (χ3n) is 4.61. The van der Waals surface area contributed by atoms with E-state index >= 15 is 0 Å². The number of rotatable bonds is 4. The maximum Gasteiger partial charge on any atom is 0.287 e. The quantitative estimate of drug-likeness (QED) is 0.652. The zero-order chi connectivity index (χ0) is 19.0. The van der Waals surface area contributed by atoms with E-state index in [0.717, 1.165) is 30.6 Å². The number of benzene rings is 2. The van der Waals surface area contributed by atoms with Crippen molar-refractivity contribution < 1.29 is 14.6 Å². The van der Waals surface area contributed by atoms with Crippen molar-refractivity contribution in [1.82, 2.24) is 14.8 Å². The molecule has 0 atom stereocenters. The fourth-order valence-corrected chi connectivity index (χ4v) is 3.28. The van der Waals surface area contributed by atoms with E-state index in [2.05, 4.69) is 15.5 Å². The number of carbonyl (C=O) groups excluding carboxylic acids is 1. The van der Waals surface area contributed by atoms with E-state index < -0.39 is 5.91 Å². The second-order valence-electron chi connectivity index (χ2n) is 6.30. The van der Waals surface area contributed by atoms with Gasteiger partial charge in [-0.1, -0.05) is 0 Å². The summed E-state index contributed by atoms with van der Waals surface area (Å²) in [4.78, 5) is 11.9. The van der Waals surface area contributed by atoms with Gasteiger partial charge in [0.1, 0.15) is 11.5 Å². The number of carbonyl (C=O) groups is 1. The average Bonchev–Trinajstić information content (AvgIpc) is 3.12. The number of fused-ring (bicyclic) bond motifs is 1.